The number of ether oxygens (including phenoxy) is 1. The molecular weight excluding hydrogens is 348 g/mol. The lowest BCUT2D eigenvalue weighted by Crippen LogP contribution is -2.22. The van der Waals surface area contributed by atoms with Gasteiger partial charge in [-0.1, -0.05) is 70.2 Å². The minimum Gasteiger partial charge on any atom is -0.457 e. The van der Waals surface area contributed by atoms with Crippen LogP contribution in [0.2, 0.25) is 0 Å². The van der Waals surface area contributed by atoms with Crippen molar-refractivity contribution in [2.75, 3.05) is 0 Å². The molecule has 1 fully saturated rings. The van der Waals surface area contributed by atoms with Crippen molar-refractivity contribution < 1.29 is 14.9 Å². The van der Waals surface area contributed by atoms with Gasteiger partial charge in [0, 0.05) is 0 Å². The predicted molar refractivity (Wildman–Crippen MR) is 114 cm³/mol. The lowest BCUT2D eigenvalue weighted by atomic mass is 9.76. The van der Waals surface area contributed by atoms with Gasteiger partial charge in [-0.05, 0) is 66.5 Å². The van der Waals surface area contributed by atoms with Gasteiger partial charge in [0.1, 0.15) is 17.6 Å². The molecule has 1 aliphatic rings. The average molecular weight is 383 g/mol. The normalized spacial score (nSPS) is 20.7. The van der Waals surface area contributed by atoms with Crippen LogP contribution in [-0.4, -0.2) is 5.26 Å². The molecule has 1 unspecified atom stereocenters. The van der Waals surface area contributed by atoms with Crippen molar-refractivity contribution in [2.24, 2.45) is 11.8 Å². The molecule has 2 aromatic rings. The number of rotatable bonds is 9. The summed E-state index contributed by atoms with van der Waals surface area (Å²) in [5, 5.41) is 9.54. The van der Waals surface area contributed by atoms with E-state index in [1.807, 2.05) is 36.4 Å². The summed E-state index contributed by atoms with van der Waals surface area (Å²) in [6.07, 6.45) is 9.32. The van der Waals surface area contributed by atoms with Crippen molar-refractivity contribution >= 4 is 0 Å². The van der Waals surface area contributed by atoms with E-state index in [1.54, 1.807) is 0 Å². The van der Waals surface area contributed by atoms with Crippen molar-refractivity contribution in [3.8, 4) is 11.5 Å². The predicted octanol–water partition coefficient (Wildman–Crippen LogP) is 7.57. The Hall–Kier alpha value is -1.84. The molecule has 1 saturated carbocycles. The maximum atomic E-state index is 9.54. The minimum atomic E-state index is -0.245. The highest BCUT2D eigenvalue weighted by Crippen LogP contribution is 2.40. The Morgan fingerprint density at radius 3 is 2.00 bits per heavy atom. The van der Waals surface area contributed by atoms with Crippen molar-refractivity contribution in [2.45, 2.75) is 71.3 Å². The van der Waals surface area contributed by atoms with E-state index < -0.39 is 0 Å². The standard InChI is InChI=1S/C25H34O3/c1-3-5-19-7-11-21(12-8-19)25(28-26)22-13-17-24(18-14-22)27-23-15-9-20(6-4-2)10-16-23/h9-10,13-19,21,25-26H,3-8,11-12H2,1-2H3. The first kappa shape index (κ1) is 20.9. The van der Waals surface area contributed by atoms with Crippen LogP contribution in [0.3, 0.4) is 0 Å². The van der Waals surface area contributed by atoms with E-state index in [0.29, 0.717) is 5.92 Å². The Bertz CT molecular complexity index is 685. The van der Waals surface area contributed by atoms with E-state index in [-0.39, 0.29) is 6.10 Å². The molecule has 0 saturated heterocycles. The van der Waals surface area contributed by atoms with E-state index in [1.165, 1.54) is 31.2 Å². The minimum absolute atomic E-state index is 0.245. The summed E-state index contributed by atoms with van der Waals surface area (Å²) in [6, 6.07) is 16.2. The summed E-state index contributed by atoms with van der Waals surface area (Å²) in [7, 11) is 0. The van der Waals surface area contributed by atoms with Gasteiger partial charge >= 0.3 is 0 Å². The zero-order chi connectivity index (χ0) is 19.8. The van der Waals surface area contributed by atoms with Gasteiger partial charge in [0.2, 0.25) is 0 Å². The van der Waals surface area contributed by atoms with Crippen LogP contribution in [0.1, 0.15) is 76.0 Å². The molecule has 0 heterocycles. The van der Waals surface area contributed by atoms with E-state index in [2.05, 4.69) is 26.0 Å². The molecule has 1 N–H and O–H groups in total. The molecule has 1 aliphatic carbocycles. The summed E-state index contributed by atoms with van der Waals surface area (Å²) in [4.78, 5) is 4.92. The van der Waals surface area contributed by atoms with Crippen LogP contribution in [0, 0.1) is 11.8 Å². The highest BCUT2D eigenvalue weighted by molar-refractivity contribution is 5.35. The van der Waals surface area contributed by atoms with Gasteiger partial charge in [-0.25, -0.2) is 4.89 Å². The largest absolute Gasteiger partial charge is 0.457 e. The lowest BCUT2D eigenvalue weighted by Gasteiger charge is -2.32. The van der Waals surface area contributed by atoms with Crippen LogP contribution >= 0.6 is 0 Å². The first-order chi connectivity index (χ1) is 13.7. The van der Waals surface area contributed by atoms with E-state index >= 15 is 0 Å². The smallest absolute Gasteiger partial charge is 0.127 e. The monoisotopic (exact) mass is 382 g/mol. The number of benzene rings is 2. The molecule has 3 nitrogen and oxygen atoms in total. The summed E-state index contributed by atoms with van der Waals surface area (Å²) >= 11 is 0. The molecule has 1 atom stereocenters. The summed E-state index contributed by atoms with van der Waals surface area (Å²) in [5.41, 5.74) is 2.36. The van der Waals surface area contributed by atoms with Crippen LogP contribution in [0.15, 0.2) is 48.5 Å². The Labute approximate surface area is 169 Å². The second kappa shape index (κ2) is 10.6. The topological polar surface area (TPSA) is 38.7 Å². The zero-order valence-electron chi connectivity index (χ0n) is 17.3. The van der Waals surface area contributed by atoms with Crippen molar-refractivity contribution in [3.63, 3.8) is 0 Å². The third-order valence-electron chi connectivity index (χ3n) is 6.04. The molecule has 28 heavy (non-hydrogen) atoms. The first-order valence-corrected chi connectivity index (χ1v) is 10.9. The van der Waals surface area contributed by atoms with Crippen molar-refractivity contribution in [1.29, 1.82) is 0 Å². The van der Waals surface area contributed by atoms with Crippen LogP contribution in [0.4, 0.5) is 0 Å². The van der Waals surface area contributed by atoms with Crippen molar-refractivity contribution in [1.82, 2.24) is 0 Å². The Balaban J connectivity index is 1.59. The second-order valence-electron chi connectivity index (χ2n) is 8.16. The molecule has 0 amide bonds. The highest BCUT2D eigenvalue weighted by Gasteiger charge is 2.29. The summed E-state index contributed by atoms with van der Waals surface area (Å²) in [5.74, 6) is 2.88. The fourth-order valence-corrected chi connectivity index (χ4v) is 4.48. The summed E-state index contributed by atoms with van der Waals surface area (Å²) in [6.45, 7) is 4.45. The van der Waals surface area contributed by atoms with E-state index in [4.69, 9.17) is 9.62 Å². The van der Waals surface area contributed by atoms with E-state index in [9.17, 15) is 5.26 Å². The molecule has 0 bridgehead atoms. The van der Waals surface area contributed by atoms with Crippen LogP contribution in [0.5, 0.6) is 11.5 Å². The molecule has 0 radical (unpaired) electrons. The molecule has 0 aromatic heterocycles. The molecule has 3 heteroatoms. The Morgan fingerprint density at radius 2 is 1.46 bits per heavy atom. The van der Waals surface area contributed by atoms with Gasteiger partial charge in [-0.2, -0.15) is 0 Å². The van der Waals surface area contributed by atoms with Gasteiger partial charge in [0.15, 0.2) is 0 Å². The SMILES string of the molecule is CCCc1ccc(Oc2ccc(C(OO)C3CCC(CCC)CC3)cc2)cc1. The third-order valence-corrected chi connectivity index (χ3v) is 6.04. The van der Waals surface area contributed by atoms with Gasteiger partial charge in [0.05, 0.1) is 0 Å². The fraction of sp³-hybridized carbons (Fsp3) is 0.520. The number of hydrogen-bond donors (Lipinski definition) is 1. The fourth-order valence-electron chi connectivity index (χ4n) is 4.48. The van der Waals surface area contributed by atoms with Gasteiger partial charge in [0.25, 0.3) is 0 Å². The maximum absolute atomic E-state index is 9.54. The molecule has 0 spiro atoms. The number of hydrogen-bond acceptors (Lipinski definition) is 3. The number of aryl methyl sites for hydroxylation is 1. The average Bonchev–Trinajstić information content (AvgIpc) is 2.73. The second-order valence-corrected chi connectivity index (χ2v) is 8.16. The molecule has 2 aromatic carbocycles. The molecular formula is C25H34O3. The van der Waals surface area contributed by atoms with Crippen LogP contribution < -0.4 is 4.74 Å². The quantitative estimate of drug-likeness (QED) is 0.359. The van der Waals surface area contributed by atoms with Crippen molar-refractivity contribution in [3.05, 3.63) is 59.7 Å². The zero-order valence-corrected chi connectivity index (χ0v) is 17.3. The molecule has 0 aliphatic heterocycles. The van der Waals surface area contributed by atoms with Crippen LogP contribution in [0.25, 0.3) is 0 Å². The van der Waals surface area contributed by atoms with Gasteiger partial charge in [-0.3, -0.25) is 5.26 Å². The molecule has 152 valence electrons. The van der Waals surface area contributed by atoms with Gasteiger partial charge in [-0.15, -0.1) is 0 Å². The summed E-state index contributed by atoms with van der Waals surface area (Å²) < 4.78 is 5.96. The third kappa shape index (κ3) is 5.59. The Kier molecular flexibility index (Phi) is 7.93. The first-order valence-electron chi connectivity index (χ1n) is 10.9. The van der Waals surface area contributed by atoms with E-state index in [0.717, 1.165) is 48.7 Å². The lowest BCUT2D eigenvalue weighted by molar-refractivity contribution is -0.296. The highest BCUT2D eigenvalue weighted by atomic mass is 17.1. The maximum Gasteiger partial charge on any atom is 0.127 e. The molecule has 3 rings (SSSR count). The van der Waals surface area contributed by atoms with Gasteiger partial charge < -0.3 is 4.74 Å². The van der Waals surface area contributed by atoms with Crippen LogP contribution in [-0.2, 0) is 11.3 Å². The Morgan fingerprint density at radius 1 is 0.857 bits per heavy atom.